The average Bonchev–Trinajstić information content (AvgIpc) is 1.93. The molecule has 1 aliphatic heterocycles. The van der Waals surface area contributed by atoms with Gasteiger partial charge in [0.05, 0.1) is 5.03 Å². The van der Waals surface area contributed by atoms with Crippen molar-refractivity contribution in [3.8, 4) is 0 Å². The van der Waals surface area contributed by atoms with E-state index in [1.807, 2.05) is 0 Å². The summed E-state index contributed by atoms with van der Waals surface area (Å²) in [5.41, 5.74) is 0. The summed E-state index contributed by atoms with van der Waals surface area (Å²) in [6.45, 7) is 0. The zero-order valence-corrected chi connectivity index (χ0v) is 6.65. The van der Waals surface area contributed by atoms with Crippen molar-refractivity contribution in [2.24, 2.45) is 0 Å². The molecule has 11 heavy (non-hydrogen) atoms. The quantitative estimate of drug-likeness (QED) is 0.389. The van der Waals surface area contributed by atoms with Gasteiger partial charge < -0.3 is 0 Å². The van der Waals surface area contributed by atoms with Gasteiger partial charge in [0.2, 0.25) is 0 Å². The van der Waals surface area contributed by atoms with Gasteiger partial charge in [-0.2, -0.15) is 0 Å². The van der Waals surface area contributed by atoms with Gasteiger partial charge >= 0.3 is 29.6 Å². The van der Waals surface area contributed by atoms with Gasteiger partial charge in [-0.05, 0) is 0 Å². The summed E-state index contributed by atoms with van der Waals surface area (Å²) in [4.78, 5) is 0. The van der Waals surface area contributed by atoms with Crippen LogP contribution < -0.4 is 0 Å². The molecule has 0 N–H and O–H groups in total. The van der Waals surface area contributed by atoms with Crippen LogP contribution in [0.3, 0.4) is 0 Å². The van der Waals surface area contributed by atoms with Crippen molar-refractivity contribution in [1.29, 1.82) is 0 Å². The minimum absolute atomic E-state index is 0. The molecular formula is C5H8AlF4Na. The second-order valence-electron chi connectivity index (χ2n) is 2.50. The van der Waals surface area contributed by atoms with Crippen LogP contribution in [0.2, 0.25) is 5.28 Å². The maximum atomic E-state index is 12.3. The second kappa shape index (κ2) is 5.08. The van der Waals surface area contributed by atoms with Gasteiger partial charge in [-0.15, -0.1) is 0 Å². The molecule has 0 aromatic rings. The van der Waals surface area contributed by atoms with Crippen molar-refractivity contribution < 1.29 is 17.6 Å². The van der Waals surface area contributed by atoms with Crippen molar-refractivity contribution in [3.63, 3.8) is 0 Å². The zero-order valence-electron chi connectivity index (χ0n) is 5.24. The van der Waals surface area contributed by atoms with E-state index in [4.69, 9.17) is 0 Å². The van der Waals surface area contributed by atoms with Crippen LogP contribution in [-0.4, -0.2) is 68.3 Å². The van der Waals surface area contributed by atoms with E-state index in [9.17, 15) is 17.6 Å². The molecule has 1 fully saturated rings. The Labute approximate surface area is 90.7 Å². The Balaban J connectivity index is 0.000001000. The van der Waals surface area contributed by atoms with E-state index in [1.54, 1.807) is 0 Å². The number of hydrogen-bond acceptors (Lipinski definition) is 0. The molecule has 1 rings (SSSR count). The Morgan fingerprint density at radius 3 is 2.00 bits per heavy atom. The van der Waals surface area contributed by atoms with E-state index in [2.05, 4.69) is 0 Å². The number of rotatable bonds is 0. The van der Waals surface area contributed by atoms with Crippen LogP contribution in [0.15, 0.2) is 0 Å². The molecule has 0 amide bonds. The molecule has 0 bridgehead atoms. The molecule has 4 atom stereocenters. The molecule has 60 valence electrons. The van der Waals surface area contributed by atoms with Gasteiger partial charge in [0.1, 0.15) is 6.17 Å². The molecule has 0 nitrogen and oxygen atoms in total. The van der Waals surface area contributed by atoms with Crippen LogP contribution in [0.4, 0.5) is 17.6 Å². The third kappa shape index (κ3) is 2.89. The molecule has 4 unspecified atom stereocenters. The first-order valence-corrected chi connectivity index (χ1v) is 5.01. The van der Waals surface area contributed by atoms with Crippen molar-refractivity contribution in [1.82, 2.24) is 0 Å². The Morgan fingerprint density at radius 1 is 1.00 bits per heavy atom. The first kappa shape index (κ1) is 12.3. The summed E-state index contributed by atoms with van der Waals surface area (Å²) < 4.78 is 49.1. The number of halogens is 4. The SMILES string of the molecule is FC1[CH2][AlH][CH](F)C(F)C1F.[NaH]. The van der Waals surface area contributed by atoms with E-state index >= 15 is 0 Å². The summed E-state index contributed by atoms with van der Waals surface area (Å²) in [5.74, 6) is 0. The summed E-state index contributed by atoms with van der Waals surface area (Å²) in [6, 6.07) is 0. The molecule has 0 spiro atoms. The second-order valence-corrected chi connectivity index (χ2v) is 4.43. The molecule has 0 aromatic carbocycles. The van der Waals surface area contributed by atoms with Crippen molar-refractivity contribution in [2.45, 2.75) is 28.8 Å². The van der Waals surface area contributed by atoms with Gasteiger partial charge in [-0.1, -0.05) is 5.28 Å². The fourth-order valence-corrected chi connectivity index (χ4v) is 2.57. The molecule has 0 radical (unpaired) electrons. The summed E-state index contributed by atoms with van der Waals surface area (Å²) in [6.07, 6.45) is -6.18. The van der Waals surface area contributed by atoms with Crippen molar-refractivity contribution >= 4 is 44.8 Å². The maximum absolute atomic E-state index is 12.3. The van der Waals surface area contributed by atoms with Gasteiger partial charge in [0.15, 0.2) is 12.3 Å². The molecule has 1 saturated heterocycles. The van der Waals surface area contributed by atoms with E-state index in [1.165, 1.54) is 0 Å². The van der Waals surface area contributed by atoms with Gasteiger partial charge in [-0.3, -0.25) is 4.39 Å². The fourth-order valence-electron chi connectivity index (χ4n) is 1.04. The van der Waals surface area contributed by atoms with E-state index in [-0.39, 0.29) is 34.8 Å². The Bertz CT molecular complexity index is 111. The van der Waals surface area contributed by atoms with Crippen LogP contribution in [0.5, 0.6) is 0 Å². The summed E-state index contributed by atoms with van der Waals surface area (Å²) in [7, 11) is 0. The molecule has 1 aliphatic rings. The number of alkyl halides is 4. The van der Waals surface area contributed by atoms with E-state index in [0.717, 1.165) is 0 Å². The molecule has 1 heterocycles. The topological polar surface area (TPSA) is 0 Å². The first-order valence-electron chi connectivity index (χ1n) is 3.19. The van der Waals surface area contributed by atoms with Crippen molar-refractivity contribution in [3.05, 3.63) is 0 Å². The summed E-state index contributed by atoms with van der Waals surface area (Å²) in [5, 5.41) is -1.75. The van der Waals surface area contributed by atoms with Gasteiger partial charge in [0, 0.05) is 0 Å². The van der Waals surface area contributed by atoms with Crippen LogP contribution >= 0.6 is 0 Å². The van der Waals surface area contributed by atoms with Crippen LogP contribution in [0.25, 0.3) is 0 Å². The van der Waals surface area contributed by atoms with Crippen LogP contribution in [0, 0.1) is 0 Å². The monoisotopic (exact) mass is 194 g/mol. The molecule has 0 aliphatic carbocycles. The Kier molecular flexibility index (Phi) is 5.66. The standard InChI is InChI=1S/C5H6F4.Al.Na.2H/c1-3(7)5(9)4(8)2-6;;;;/h2-5H,1H2;;;;. The molecule has 6 heteroatoms. The fraction of sp³-hybridized carbons (Fsp3) is 1.00. The summed E-state index contributed by atoms with van der Waals surface area (Å²) >= 11 is -1.35. The Hall–Kier alpha value is 1.25. The zero-order chi connectivity index (χ0) is 7.72. The number of hydrogen-bond donors (Lipinski definition) is 0. The third-order valence-corrected chi connectivity index (χ3v) is 3.60. The first-order chi connectivity index (χ1) is 4.63. The van der Waals surface area contributed by atoms with Crippen LogP contribution in [0.1, 0.15) is 0 Å². The molecule has 0 saturated carbocycles. The van der Waals surface area contributed by atoms with Gasteiger partial charge in [0.25, 0.3) is 15.2 Å². The average molecular weight is 194 g/mol. The van der Waals surface area contributed by atoms with E-state index in [0.29, 0.717) is 0 Å². The third-order valence-electron chi connectivity index (χ3n) is 1.71. The predicted octanol–water partition coefficient (Wildman–Crippen LogP) is 0.516. The minimum atomic E-state index is -2.23. The Morgan fingerprint density at radius 2 is 1.55 bits per heavy atom. The van der Waals surface area contributed by atoms with Crippen molar-refractivity contribution in [2.75, 3.05) is 0 Å². The molecule has 0 aromatic heterocycles. The van der Waals surface area contributed by atoms with Crippen LogP contribution in [-0.2, 0) is 0 Å². The predicted molar refractivity (Wildman–Crippen MR) is 38.7 cm³/mol. The van der Waals surface area contributed by atoms with E-state index < -0.39 is 38.8 Å². The van der Waals surface area contributed by atoms with Gasteiger partial charge in [-0.25, -0.2) is 13.2 Å². The molecular weight excluding hydrogens is 186 g/mol. The normalized spacial score (nSPS) is 44.0.